The van der Waals surface area contributed by atoms with Gasteiger partial charge < -0.3 is 5.32 Å². The Morgan fingerprint density at radius 2 is 1.65 bits per heavy atom. The average Bonchev–Trinajstić information content (AvgIpc) is 3.29. The lowest BCUT2D eigenvalue weighted by molar-refractivity contribution is 0.602. The van der Waals surface area contributed by atoms with E-state index in [9.17, 15) is 8.42 Å². The van der Waals surface area contributed by atoms with Gasteiger partial charge in [0.15, 0.2) is 15.7 Å². The number of nitrogens with zero attached hydrogens (tertiary/aromatic N) is 3. The van der Waals surface area contributed by atoms with Crippen LogP contribution < -0.4 is 5.32 Å². The zero-order chi connectivity index (χ0) is 23.7. The van der Waals surface area contributed by atoms with Crippen molar-refractivity contribution < 1.29 is 8.42 Å². The zero-order valence-electron chi connectivity index (χ0n) is 18.6. The Morgan fingerprint density at radius 3 is 2.32 bits per heavy atom. The number of aromatic nitrogens is 3. The lowest BCUT2D eigenvalue weighted by Gasteiger charge is -2.16. The van der Waals surface area contributed by atoms with Crippen molar-refractivity contribution in [1.82, 2.24) is 15.0 Å². The van der Waals surface area contributed by atoms with E-state index in [4.69, 9.17) is 9.97 Å². The zero-order valence-corrected chi connectivity index (χ0v) is 20.3. The van der Waals surface area contributed by atoms with E-state index in [-0.39, 0.29) is 6.04 Å². The van der Waals surface area contributed by atoms with Crippen LogP contribution in [0.2, 0.25) is 0 Å². The number of benzene rings is 2. The quantitative estimate of drug-likeness (QED) is 0.317. The number of sulfone groups is 1. The Hall–Kier alpha value is -3.62. The number of hydrogen-bond donors (Lipinski definition) is 1. The van der Waals surface area contributed by atoms with Crippen molar-refractivity contribution in [2.24, 2.45) is 0 Å². The van der Waals surface area contributed by atoms with Crippen LogP contribution in [0.15, 0.2) is 90.1 Å². The highest BCUT2D eigenvalue weighted by atomic mass is 32.2. The van der Waals surface area contributed by atoms with Gasteiger partial charge in [-0.15, -0.1) is 11.3 Å². The molecular weight excluding hydrogens is 464 g/mol. The van der Waals surface area contributed by atoms with E-state index in [1.807, 2.05) is 49.4 Å². The van der Waals surface area contributed by atoms with Crippen LogP contribution in [-0.2, 0) is 9.84 Å². The fraction of sp³-hybridized carbons (Fsp3) is 0.115. The van der Waals surface area contributed by atoms with Crippen LogP contribution in [-0.4, -0.2) is 29.6 Å². The maximum atomic E-state index is 11.8. The minimum atomic E-state index is -3.24. The molecule has 0 aliphatic heterocycles. The van der Waals surface area contributed by atoms with Gasteiger partial charge in [-0.2, -0.15) is 0 Å². The Kier molecular flexibility index (Phi) is 5.85. The van der Waals surface area contributed by atoms with Crippen LogP contribution in [0.1, 0.15) is 18.5 Å². The first kappa shape index (κ1) is 22.2. The van der Waals surface area contributed by atoms with E-state index in [1.54, 1.807) is 35.9 Å². The van der Waals surface area contributed by atoms with Crippen molar-refractivity contribution in [3.8, 4) is 21.8 Å². The van der Waals surface area contributed by atoms with Gasteiger partial charge in [-0.05, 0) is 48.4 Å². The van der Waals surface area contributed by atoms with E-state index in [0.717, 1.165) is 37.6 Å². The molecule has 5 rings (SSSR count). The van der Waals surface area contributed by atoms with Crippen LogP contribution in [0.3, 0.4) is 0 Å². The maximum absolute atomic E-state index is 11.8. The minimum Gasteiger partial charge on any atom is -0.363 e. The van der Waals surface area contributed by atoms with Crippen molar-refractivity contribution in [2.45, 2.75) is 17.9 Å². The molecule has 1 atom stereocenters. The number of thiophene rings is 1. The summed E-state index contributed by atoms with van der Waals surface area (Å²) in [6.45, 7) is 2.03. The second-order valence-corrected chi connectivity index (χ2v) is 11.1. The minimum absolute atomic E-state index is 0.103. The SMILES string of the molecule is CC(Nc1nc(-c2cccnc2)nc2sc(-c3ccccc3)cc12)c1ccc(S(C)(=O)=O)cc1. The fourth-order valence-electron chi connectivity index (χ4n) is 3.69. The molecule has 0 radical (unpaired) electrons. The van der Waals surface area contributed by atoms with Gasteiger partial charge in [0, 0.05) is 35.1 Å². The monoisotopic (exact) mass is 486 g/mol. The molecule has 2 aromatic carbocycles. The van der Waals surface area contributed by atoms with Crippen molar-refractivity contribution >= 4 is 37.2 Å². The molecule has 0 fully saturated rings. The summed E-state index contributed by atoms with van der Waals surface area (Å²) >= 11 is 1.62. The highest BCUT2D eigenvalue weighted by Gasteiger charge is 2.17. The molecule has 0 spiro atoms. The van der Waals surface area contributed by atoms with Gasteiger partial charge in [-0.3, -0.25) is 4.98 Å². The van der Waals surface area contributed by atoms with Gasteiger partial charge in [0.1, 0.15) is 10.6 Å². The smallest absolute Gasteiger partial charge is 0.175 e. The summed E-state index contributed by atoms with van der Waals surface area (Å²) in [6, 6.07) is 23.0. The van der Waals surface area contributed by atoms with Crippen molar-refractivity contribution in [2.75, 3.05) is 11.6 Å². The number of anilines is 1. The molecule has 1 N–H and O–H groups in total. The molecular formula is C26H22N4O2S2. The highest BCUT2D eigenvalue weighted by molar-refractivity contribution is 7.90. The van der Waals surface area contributed by atoms with Gasteiger partial charge in [0.05, 0.1) is 10.3 Å². The first-order chi connectivity index (χ1) is 16.4. The number of rotatable bonds is 6. The number of pyridine rings is 1. The van der Waals surface area contributed by atoms with E-state index < -0.39 is 9.84 Å². The molecule has 8 heteroatoms. The highest BCUT2D eigenvalue weighted by Crippen LogP contribution is 2.37. The van der Waals surface area contributed by atoms with E-state index in [1.165, 1.54) is 6.26 Å². The van der Waals surface area contributed by atoms with Gasteiger partial charge in [0.25, 0.3) is 0 Å². The van der Waals surface area contributed by atoms with Crippen molar-refractivity contribution in [1.29, 1.82) is 0 Å². The summed E-state index contributed by atoms with van der Waals surface area (Å²) in [6.07, 6.45) is 4.69. The molecule has 0 aliphatic rings. The molecule has 34 heavy (non-hydrogen) atoms. The molecule has 0 aliphatic carbocycles. The summed E-state index contributed by atoms with van der Waals surface area (Å²) < 4.78 is 23.6. The molecule has 3 heterocycles. The fourth-order valence-corrected chi connectivity index (χ4v) is 5.36. The predicted molar refractivity (Wildman–Crippen MR) is 138 cm³/mol. The second-order valence-electron chi connectivity index (χ2n) is 8.04. The van der Waals surface area contributed by atoms with Crippen LogP contribution >= 0.6 is 11.3 Å². The molecule has 5 aromatic rings. The van der Waals surface area contributed by atoms with E-state index >= 15 is 0 Å². The van der Waals surface area contributed by atoms with Gasteiger partial charge in [0.2, 0.25) is 0 Å². The maximum Gasteiger partial charge on any atom is 0.175 e. The summed E-state index contributed by atoms with van der Waals surface area (Å²) in [4.78, 5) is 16.2. The van der Waals surface area contributed by atoms with E-state index in [2.05, 4.69) is 28.5 Å². The predicted octanol–water partition coefficient (Wildman–Crippen LogP) is 6.00. The molecule has 3 aromatic heterocycles. The number of hydrogen-bond acceptors (Lipinski definition) is 7. The molecule has 0 saturated heterocycles. The van der Waals surface area contributed by atoms with Crippen LogP contribution in [0.4, 0.5) is 5.82 Å². The molecule has 170 valence electrons. The second kappa shape index (κ2) is 8.96. The third kappa shape index (κ3) is 4.55. The topological polar surface area (TPSA) is 84.8 Å². The third-order valence-electron chi connectivity index (χ3n) is 5.53. The van der Waals surface area contributed by atoms with Gasteiger partial charge in [-0.25, -0.2) is 18.4 Å². The van der Waals surface area contributed by atoms with E-state index in [0.29, 0.717) is 10.7 Å². The van der Waals surface area contributed by atoms with Crippen molar-refractivity contribution in [3.05, 3.63) is 90.8 Å². The van der Waals surface area contributed by atoms with Crippen LogP contribution in [0.25, 0.3) is 32.0 Å². The summed E-state index contributed by atoms with van der Waals surface area (Å²) in [5.74, 6) is 1.33. The van der Waals surface area contributed by atoms with Gasteiger partial charge >= 0.3 is 0 Å². The first-order valence-corrected chi connectivity index (χ1v) is 13.4. The molecule has 0 saturated carbocycles. The summed E-state index contributed by atoms with van der Waals surface area (Å²) in [5, 5.41) is 4.46. The summed E-state index contributed by atoms with van der Waals surface area (Å²) in [5.41, 5.74) is 2.93. The third-order valence-corrected chi connectivity index (χ3v) is 7.74. The Bertz CT molecular complexity index is 1550. The Labute approximate surface area is 202 Å². The molecule has 0 bridgehead atoms. The first-order valence-electron chi connectivity index (χ1n) is 10.7. The van der Waals surface area contributed by atoms with Gasteiger partial charge in [-0.1, -0.05) is 42.5 Å². The molecule has 6 nitrogen and oxygen atoms in total. The summed E-state index contributed by atoms with van der Waals surface area (Å²) in [7, 11) is -3.24. The number of fused-ring (bicyclic) bond motifs is 1. The largest absolute Gasteiger partial charge is 0.363 e. The Balaban J connectivity index is 1.57. The normalized spacial score (nSPS) is 12.5. The van der Waals surface area contributed by atoms with Crippen LogP contribution in [0.5, 0.6) is 0 Å². The molecule has 1 unspecified atom stereocenters. The lowest BCUT2D eigenvalue weighted by Crippen LogP contribution is -2.09. The lowest BCUT2D eigenvalue weighted by atomic mass is 10.1. The number of nitrogens with one attached hydrogen (secondary N) is 1. The molecule has 0 amide bonds. The average molecular weight is 487 g/mol. The van der Waals surface area contributed by atoms with Crippen LogP contribution in [0, 0.1) is 0 Å². The Morgan fingerprint density at radius 1 is 0.912 bits per heavy atom. The van der Waals surface area contributed by atoms with Crippen molar-refractivity contribution in [3.63, 3.8) is 0 Å². The standard InChI is InChI=1S/C26H22N4O2S2/c1-17(18-10-12-21(13-11-18)34(2,31)32)28-25-22-15-23(19-7-4-3-5-8-19)33-26(22)30-24(29-25)20-9-6-14-27-16-20/h3-17H,1-2H3,(H,28,29,30).